The lowest BCUT2D eigenvalue weighted by Gasteiger charge is -2.25. The number of sulfonamides is 1. The molecule has 2 rings (SSSR count). The van der Waals surface area contributed by atoms with Gasteiger partial charge in [0.1, 0.15) is 0 Å². The number of hydrogen-bond acceptors (Lipinski definition) is 3. The van der Waals surface area contributed by atoms with Crippen molar-refractivity contribution in [3.05, 3.63) is 64.2 Å². The molecular weight excluding hydrogens is 372 g/mol. The first-order valence-electron chi connectivity index (χ1n) is 8.23. The highest BCUT2D eigenvalue weighted by atomic mass is 35.5. The molecule has 1 atom stereocenters. The van der Waals surface area contributed by atoms with Crippen molar-refractivity contribution in [2.75, 3.05) is 7.05 Å². The van der Waals surface area contributed by atoms with Gasteiger partial charge in [-0.15, -0.1) is 0 Å². The molecule has 1 amide bonds. The summed E-state index contributed by atoms with van der Waals surface area (Å²) in [4.78, 5) is 14.2. The van der Waals surface area contributed by atoms with Crippen molar-refractivity contribution >= 4 is 27.5 Å². The van der Waals surface area contributed by atoms with Crippen LogP contribution in [0.1, 0.15) is 36.1 Å². The van der Waals surface area contributed by atoms with Crippen LogP contribution < -0.4 is 5.14 Å². The van der Waals surface area contributed by atoms with Crippen LogP contribution >= 0.6 is 11.6 Å². The molecule has 0 saturated heterocycles. The molecule has 0 heterocycles. The van der Waals surface area contributed by atoms with Crippen molar-refractivity contribution in [2.24, 2.45) is 5.14 Å². The van der Waals surface area contributed by atoms with Crippen LogP contribution in [0.4, 0.5) is 0 Å². The second-order valence-electron chi connectivity index (χ2n) is 6.38. The molecule has 2 aromatic carbocycles. The van der Waals surface area contributed by atoms with E-state index < -0.39 is 10.0 Å². The quantitative estimate of drug-likeness (QED) is 0.814. The molecule has 0 aliphatic heterocycles. The summed E-state index contributed by atoms with van der Waals surface area (Å²) in [5.41, 5.74) is 2.87. The second kappa shape index (κ2) is 8.20. The number of nitrogens with two attached hydrogens (primary N) is 1. The molecular formula is C19H23ClN2O3S. The monoisotopic (exact) mass is 394 g/mol. The fraction of sp³-hybridized carbons (Fsp3) is 0.316. The molecule has 26 heavy (non-hydrogen) atoms. The third kappa shape index (κ3) is 5.06. The molecule has 0 bridgehead atoms. The first-order valence-corrected chi connectivity index (χ1v) is 10.2. The molecule has 0 aliphatic rings. The molecule has 0 spiro atoms. The van der Waals surface area contributed by atoms with Gasteiger partial charge < -0.3 is 4.90 Å². The SMILES string of the molecule is Cc1ccc(CCC(=O)N(C)[C@H](C)c2ccc(S(N)(=O)=O)cc2)cc1Cl. The Bertz CT molecular complexity index is 896. The zero-order valence-corrected chi connectivity index (χ0v) is 16.6. The largest absolute Gasteiger partial charge is 0.339 e. The van der Waals surface area contributed by atoms with Gasteiger partial charge in [-0.25, -0.2) is 13.6 Å². The van der Waals surface area contributed by atoms with E-state index in [0.717, 1.165) is 16.7 Å². The predicted molar refractivity (Wildman–Crippen MR) is 104 cm³/mol. The lowest BCUT2D eigenvalue weighted by Crippen LogP contribution is -2.29. The zero-order valence-electron chi connectivity index (χ0n) is 15.1. The zero-order chi connectivity index (χ0) is 19.5. The van der Waals surface area contributed by atoms with Crippen molar-refractivity contribution in [3.63, 3.8) is 0 Å². The average molecular weight is 395 g/mol. The Morgan fingerprint density at radius 3 is 2.35 bits per heavy atom. The van der Waals surface area contributed by atoms with Gasteiger partial charge in [0.05, 0.1) is 10.9 Å². The Kier molecular flexibility index (Phi) is 6.44. The van der Waals surface area contributed by atoms with Crippen LogP contribution in [0.5, 0.6) is 0 Å². The summed E-state index contributed by atoms with van der Waals surface area (Å²) < 4.78 is 22.6. The van der Waals surface area contributed by atoms with Gasteiger partial charge in [0.2, 0.25) is 15.9 Å². The number of benzene rings is 2. The highest BCUT2D eigenvalue weighted by molar-refractivity contribution is 7.89. The summed E-state index contributed by atoms with van der Waals surface area (Å²) in [5, 5.41) is 5.80. The van der Waals surface area contributed by atoms with Gasteiger partial charge in [0, 0.05) is 18.5 Å². The minimum Gasteiger partial charge on any atom is -0.339 e. The lowest BCUT2D eigenvalue weighted by atomic mass is 10.0. The van der Waals surface area contributed by atoms with Crippen LogP contribution in [-0.4, -0.2) is 26.3 Å². The summed E-state index contributed by atoms with van der Waals surface area (Å²) in [7, 11) is -1.98. The van der Waals surface area contributed by atoms with E-state index >= 15 is 0 Å². The standard InChI is InChI=1S/C19H23ClN2O3S/c1-13-4-5-15(12-18(13)20)6-11-19(23)22(3)14(2)16-7-9-17(10-8-16)26(21,24)25/h4-5,7-10,12,14H,6,11H2,1-3H3,(H2,21,24,25)/t14-/m1/s1. The summed E-state index contributed by atoms with van der Waals surface area (Å²) in [5.74, 6) is 0.00437. The molecule has 2 aromatic rings. The Morgan fingerprint density at radius 2 is 1.81 bits per heavy atom. The number of carbonyl (C=O) groups excluding carboxylic acids is 1. The van der Waals surface area contributed by atoms with E-state index in [9.17, 15) is 13.2 Å². The minimum atomic E-state index is -3.72. The number of rotatable bonds is 6. The molecule has 0 fully saturated rings. The Labute approximate surface area is 159 Å². The van der Waals surface area contributed by atoms with Gasteiger partial charge in [0.15, 0.2) is 0 Å². The number of primary sulfonamides is 1. The van der Waals surface area contributed by atoms with Crippen LogP contribution in [0.3, 0.4) is 0 Å². The van der Waals surface area contributed by atoms with Crippen molar-refractivity contribution in [1.82, 2.24) is 4.90 Å². The summed E-state index contributed by atoms with van der Waals surface area (Å²) in [6.07, 6.45) is 0.982. The van der Waals surface area contributed by atoms with E-state index in [-0.39, 0.29) is 16.8 Å². The minimum absolute atomic E-state index is 0.00437. The van der Waals surface area contributed by atoms with E-state index in [2.05, 4.69) is 0 Å². The molecule has 0 aliphatic carbocycles. The average Bonchev–Trinajstić information content (AvgIpc) is 2.60. The van der Waals surface area contributed by atoms with Crippen molar-refractivity contribution in [1.29, 1.82) is 0 Å². The van der Waals surface area contributed by atoms with Crippen LogP contribution in [0.2, 0.25) is 5.02 Å². The maximum absolute atomic E-state index is 12.5. The number of halogens is 1. The van der Waals surface area contributed by atoms with Gasteiger partial charge >= 0.3 is 0 Å². The number of aryl methyl sites for hydroxylation is 2. The van der Waals surface area contributed by atoms with E-state index in [1.54, 1.807) is 24.1 Å². The molecule has 0 saturated carbocycles. The fourth-order valence-corrected chi connectivity index (χ4v) is 3.31. The molecule has 0 unspecified atom stereocenters. The third-order valence-corrected chi connectivity index (χ3v) is 5.87. The number of amides is 1. The maximum Gasteiger partial charge on any atom is 0.238 e. The summed E-state index contributed by atoms with van der Waals surface area (Å²) >= 11 is 6.12. The van der Waals surface area contributed by atoms with Crippen LogP contribution in [0, 0.1) is 6.92 Å². The highest BCUT2D eigenvalue weighted by Gasteiger charge is 2.18. The Balaban J connectivity index is 2.01. The van der Waals surface area contributed by atoms with Crippen LogP contribution in [0.25, 0.3) is 0 Å². The molecule has 0 radical (unpaired) electrons. The summed E-state index contributed by atoms with van der Waals surface area (Å²) in [6.45, 7) is 3.83. The van der Waals surface area contributed by atoms with Gasteiger partial charge in [-0.05, 0) is 55.2 Å². The second-order valence-corrected chi connectivity index (χ2v) is 8.35. The van der Waals surface area contributed by atoms with Crippen molar-refractivity contribution in [3.8, 4) is 0 Å². The molecule has 7 heteroatoms. The van der Waals surface area contributed by atoms with Gasteiger partial charge in [-0.3, -0.25) is 4.79 Å². The molecule has 5 nitrogen and oxygen atoms in total. The van der Waals surface area contributed by atoms with Gasteiger partial charge in [-0.2, -0.15) is 0 Å². The van der Waals surface area contributed by atoms with E-state index in [1.807, 2.05) is 32.0 Å². The maximum atomic E-state index is 12.5. The van der Waals surface area contributed by atoms with E-state index in [0.29, 0.717) is 17.9 Å². The number of hydrogen-bond donors (Lipinski definition) is 1. The topological polar surface area (TPSA) is 80.5 Å². The number of nitrogens with zero attached hydrogens (tertiary/aromatic N) is 1. The fourth-order valence-electron chi connectivity index (χ4n) is 2.60. The Morgan fingerprint density at radius 1 is 1.19 bits per heavy atom. The first-order chi connectivity index (χ1) is 12.1. The van der Waals surface area contributed by atoms with Crippen LogP contribution in [0.15, 0.2) is 47.4 Å². The van der Waals surface area contributed by atoms with Crippen molar-refractivity contribution in [2.45, 2.75) is 37.6 Å². The molecule has 140 valence electrons. The molecule has 0 aromatic heterocycles. The summed E-state index contributed by atoms with van der Waals surface area (Å²) in [6, 6.07) is 11.9. The van der Waals surface area contributed by atoms with Crippen LogP contribution in [-0.2, 0) is 21.2 Å². The van der Waals surface area contributed by atoms with Gasteiger partial charge in [0.25, 0.3) is 0 Å². The van der Waals surface area contributed by atoms with Crippen molar-refractivity contribution < 1.29 is 13.2 Å². The Hall–Kier alpha value is -1.89. The third-order valence-electron chi connectivity index (χ3n) is 4.53. The first kappa shape index (κ1) is 20.4. The van der Waals surface area contributed by atoms with E-state index in [4.69, 9.17) is 16.7 Å². The smallest absolute Gasteiger partial charge is 0.238 e. The highest BCUT2D eigenvalue weighted by Crippen LogP contribution is 2.22. The van der Waals surface area contributed by atoms with Gasteiger partial charge in [-0.1, -0.05) is 35.9 Å². The lowest BCUT2D eigenvalue weighted by molar-refractivity contribution is -0.131. The van der Waals surface area contributed by atoms with E-state index in [1.165, 1.54) is 12.1 Å². The normalized spacial score (nSPS) is 12.7. The number of carbonyl (C=O) groups is 1. The molecule has 2 N–H and O–H groups in total. The predicted octanol–water partition coefficient (Wildman–Crippen LogP) is 3.45.